The Morgan fingerprint density at radius 2 is 2.11 bits per heavy atom. The van der Waals surface area contributed by atoms with Gasteiger partial charge in [-0.3, -0.25) is 4.79 Å². The van der Waals surface area contributed by atoms with Gasteiger partial charge in [0.15, 0.2) is 0 Å². The Hall–Kier alpha value is -0.580. The van der Waals surface area contributed by atoms with E-state index < -0.39 is 0 Å². The monoisotopic (exact) mass is 286 g/mol. The summed E-state index contributed by atoms with van der Waals surface area (Å²) in [5.41, 5.74) is 5.85. The number of nitrogens with one attached hydrogen (secondary N) is 1. The van der Waals surface area contributed by atoms with Gasteiger partial charge in [0, 0.05) is 16.8 Å². The summed E-state index contributed by atoms with van der Waals surface area (Å²) in [5.74, 6) is 0.279. The van der Waals surface area contributed by atoms with E-state index in [2.05, 4.69) is 5.32 Å². The van der Waals surface area contributed by atoms with E-state index in [0.29, 0.717) is 0 Å². The minimum absolute atomic E-state index is 0.0330. The van der Waals surface area contributed by atoms with E-state index in [-0.39, 0.29) is 23.9 Å². The topological polar surface area (TPSA) is 55.1 Å². The normalized spacial score (nSPS) is 25.7. The van der Waals surface area contributed by atoms with Crippen LogP contribution in [0.5, 0.6) is 0 Å². The molecule has 1 aromatic heterocycles. The summed E-state index contributed by atoms with van der Waals surface area (Å²) in [6.45, 7) is 1.99. The Bertz CT molecular complexity index is 413. The zero-order chi connectivity index (χ0) is 13.1. The molecule has 100 valence electrons. The maximum atomic E-state index is 12.1. The molecule has 3 nitrogen and oxygen atoms in total. The van der Waals surface area contributed by atoms with E-state index in [0.717, 1.165) is 34.9 Å². The highest BCUT2D eigenvalue weighted by atomic mass is 35.5. The summed E-state index contributed by atoms with van der Waals surface area (Å²) in [7, 11) is 0. The van der Waals surface area contributed by atoms with Crippen LogP contribution in [0.25, 0.3) is 0 Å². The van der Waals surface area contributed by atoms with Crippen LogP contribution >= 0.6 is 22.9 Å². The number of thiophene rings is 1. The van der Waals surface area contributed by atoms with Gasteiger partial charge in [-0.15, -0.1) is 11.3 Å². The third-order valence-corrected chi connectivity index (χ3v) is 4.94. The molecule has 2 rings (SSSR count). The molecule has 1 aliphatic rings. The van der Waals surface area contributed by atoms with Crippen molar-refractivity contribution < 1.29 is 4.79 Å². The number of carbonyl (C=O) groups excluding carboxylic acids is 1. The second-order valence-corrected chi connectivity index (χ2v) is 6.73. The molecule has 1 aliphatic carbocycles. The average molecular weight is 287 g/mol. The third kappa shape index (κ3) is 3.46. The molecule has 18 heavy (non-hydrogen) atoms. The van der Waals surface area contributed by atoms with Gasteiger partial charge in [-0.05, 0) is 44.7 Å². The minimum atomic E-state index is 0.0330. The number of carbonyl (C=O) groups is 1. The molecular weight excluding hydrogens is 268 g/mol. The SMILES string of the molecule is CC(NC(=O)C1CCC(N)CC1)c1ccc(Cl)s1. The fraction of sp³-hybridized carbons (Fsp3) is 0.615. The fourth-order valence-electron chi connectivity index (χ4n) is 2.34. The van der Waals surface area contributed by atoms with Crippen molar-refractivity contribution in [3.63, 3.8) is 0 Å². The summed E-state index contributed by atoms with van der Waals surface area (Å²) < 4.78 is 0.759. The zero-order valence-electron chi connectivity index (χ0n) is 10.5. The fourth-order valence-corrected chi connectivity index (χ4v) is 3.41. The molecule has 0 aromatic carbocycles. The Morgan fingerprint density at radius 1 is 1.44 bits per heavy atom. The predicted molar refractivity (Wildman–Crippen MR) is 75.8 cm³/mol. The molecule has 3 N–H and O–H groups in total. The number of nitrogens with two attached hydrogens (primary N) is 1. The molecule has 1 saturated carbocycles. The molecule has 1 atom stereocenters. The van der Waals surface area contributed by atoms with E-state index in [1.807, 2.05) is 19.1 Å². The van der Waals surface area contributed by atoms with Crippen molar-refractivity contribution in [1.29, 1.82) is 0 Å². The van der Waals surface area contributed by atoms with Crippen LogP contribution in [0, 0.1) is 5.92 Å². The number of halogens is 1. The first-order valence-electron chi connectivity index (χ1n) is 6.37. The van der Waals surface area contributed by atoms with E-state index >= 15 is 0 Å². The van der Waals surface area contributed by atoms with Crippen LogP contribution in [0.15, 0.2) is 12.1 Å². The lowest BCUT2D eigenvalue weighted by molar-refractivity contribution is -0.126. The highest BCUT2D eigenvalue weighted by molar-refractivity contribution is 7.16. The second-order valence-electron chi connectivity index (χ2n) is 4.98. The second kappa shape index (κ2) is 6.04. The molecule has 1 fully saturated rings. The van der Waals surface area contributed by atoms with E-state index in [9.17, 15) is 4.79 Å². The van der Waals surface area contributed by atoms with Gasteiger partial charge in [0.1, 0.15) is 0 Å². The number of hydrogen-bond acceptors (Lipinski definition) is 3. The predicted octanol–water partition coefficient (Wildman–Crippen LogP) is 3.10. The number of rotatable bonds is 3. The van der Waals surface area contributed by atoms with Crippen molar-refractivity contribution >= 4 is 28.8 Å². The smallest absolute Gasteiger partial charge is 0.223 e. The van der Waals surface area contributed by atoms with Crippen LogP contribution < -0.4 is 11.1 Å². The van der Waals surface area contributed by atoms with Gasteiger partial charge in [-0.1, -0.05) is 11.6 Å². The first-order chi connectivity index (χ1) is 8.56. The maximum Gasteiger partial charge on any atom is 0.223 e. The lowest BCUT2D eigenvalue weighted by atomic mass is 9.86. The summed E-state index contributed by atoms with van der Waals surface area (Å²) in [4.78, 5) is 13.2. The summed E-state index contributed by atoms with van der Waals surface area (Å²) >= 11 is 7.41. The van der Waals surface area contributed by atoms with Crippen LogP contribution in [-0.4, -0.2) is 11.9 Å². The van der Waals surface area contributed by atoms with Crippen LogP contribution in [0.4, 0.5) is 0 Å². The van der Waals surface area contributed by atoms with Gasteiger partial charge in [0.05, 0.1) is 10.4 Å². The van der Waals surface area contributed by atoms with Crippen molar-refractivity contribution in [2.45, 2.75) is 44.7 Å². The van der Waals surface area contributed by atoms with Crippen molar-refractivity contribution in [2.24, 2.45) is 11.7 Å². The summed E-state index contributed by atoms with van der Waals surface area (Å²) in [6, 6.07) is 4.15. The lowest BCUT2D eigenvalue weighted by Gasteiger charge is -2.26. The Labute approximate surface area is 117 Å². The zero-order valence-corrected chi connectivity index (χ0v) is 12.1. The van der Waals surface area contributed by atoms with Gasteiger partial charge in [0.25, 0.3) is 0 Å². The molecule has 0 aliphatic heterocycles. The van der Waals surface area contributed by atoms with Crippen molar-refractivity contribution in [3.8, 4) is 0 Å². The largest absolute Gasteiger partial charge is 0.349 e. The third-order valence-electron chi connectivity index (χ3n) is 3.52. The molecule has 0 bridgehead atoms. The highest BCUT2D eigenvalue weighted by Gasteiger charge is 2.25. The summed E-state index contributed by atoms with van der Waals surface area (Å²) in [6.07, 6.45) is 3.73. The van der Waals surface area contributed by atoms with Crippen LogP contribution in [0.1, 0.15) is 43.5 Å². The molecular formula is C13H19ClN2OS. The number of hydrogen-bond donors (Lipinski definition) is 2. The molecule has 0 radical (unpaired) electrons. The van der Waals surface area contributed by atoms with Gasteiger partial charge >= 0.3 is 0 Å². The van der Waals surface area contributed by atoms with Gasteiger partial charge in [0.2, 0.25) is 5.91 Å². The molecule has 0 spiro atoms. The molecule has 5 heteroatoms. The highest BCUT2D eigenvalue weighted by Crippen LogP contribution is 2.28. The van der Waals surface area contributed by atoms with Crippen LogP contribution in [-0.2, 0) is 4.79 Å². The van der Waals surface area contributed by atoms with Crippen molar-refractivity contribution in [2.75, 3.05) is 0 Å². The first kappa shape index (κ1) is 13.8. The Kier molecular flexibility index (Phi) is 4.65. The molecule has 0 saturated heterocycles. The Balaban J connectivity index is 1.87. The average Bonchev–Trinajstić information content (AvgIpc) is 2.76. The van der Waals surface area contributed by atoms with Gasteiger partial charge in [-0.25, -0.2) is 0 Å². The van der Waals surface area contributed by atoms with E-state index in [4.69, 9.17) is 17.3 Å². The Morgan fingerprint density at radius 3 is 2.67 bits per heavy atom. The lowest BCUT2D eigenvalue weighted by Crippen LogP contribution is -2.37. The van der Waals surface area contributed by atoms with Crippen LogP contribution in [0.3, 0.4) is 0 Å². The summed E-state index contributed by atoms with van der Waals surface area (Å²) in [5, 5.41) is 3.07. The molecule has 1 unspecified atom stereocenters. The minimum Gasteiger partial charge on any atom is -0.349 e. The number of amides is 1. The first-order valence-corrected chi connectivity index (χ1v) is 7.57. The van der Waals surface area contributed by atoms with Gasteiger partial charge < -0.3 is 11.1 Å². The van der Waals surface area contributed by atoms with Crippen LogP contribution in [0.2, 0.25) is 4.34 Å². The molecule has 1 aromatic rings. The quantitative estimate of drug-likeness (QED) is 0.897. The standard InChI is InChI=1S/C13H19ClN2OS/c1-8(11-6-7-12(14)18-11)16-13(17)9-2-4-10(15)5-3-9/h6-10H,2-5,15H2,1H3,(H,16,17). The van der Waals surface area contributed by atoms with E-state index in [1.54, 1.807) is 0 Å². The van der Waals surface area contributed by atoms with Crippen molar-refractivity contribution in [1.82, 2.24) is 5.32 Å². The maximum absolute atomic E-state index is 12.1. The van der Waals surface area contributed by atoms with Gasteiger partial charge in [-0.2, -0.15) is 0 Å². The molecule has 1 heterocycles. The van der Waals surface area contributed by atoms with Crippen molar-refractivity contribution in [3.05, 3.63) is 21.3 Å². The molecule has 1 amide bonds. The van der Waals surface area contributed by atoms with E-state index in [1.165, 1.54) is 11.3 Å².